The largest absolute Gasteiger partial charge is 0.483 e. The molecule has 6 heteroatoms. The topological polar surface area (TPSA) is 67.8 Å². The van der Waals surface area contributed by atoms with Crippen LogP contribution in [0.3, 0.4) is 0 Å². The summed E-state index contributed by atoms with van der Waals surface area (Å²) in [5, 5.41) is 4.09. The number of halogens is 1. The first-order valence-corrected chi connectivity index (χ1v) is 8.29. The molecular weight excluding hydrogens is 360 g/mol. The zero-order valence-corrected chi connectivity index (χ0v) is 15.2. The van der Waals surface area contributed by atoms with Gasteiger partial charge in [-0.05, 0) is 42.5 Å². The van der Waals surface area contributed by atoms with E-state index in [2.05, 4.69) is 26.5 Å². The van der Waals surface area contributed by atoms with Crippen molar-refractivity contribution in [3.63, 3.8) is 0 Å². The number of nitrogens with one attached hydrogen (secondary N) is 1. The number of Topliss-reactive ketones (excluding diaryl/α,β-unsaturated/α-hetero) is 1. The molecule has 0 unspecified atom stereocenters. The van der Waals surface area contributed by atoms with Crippen LogP contribution in [0, 0.1) is 12.3 Å². The predicted octanol–water partition coefficient (Wildman–Crippen LogP) is 3.39. The highest BCUT2D eigenvalue weighted by molar-refractivity contribution is 9.10. The second-order valence-electron chi connectivity index (χ2n) is 6.64. The van der Waals surface area contributed by atoms with Crippen LogP contribution in [0.15, 0.2) is 27.8 Å². The zero-order valence-electron chi connectivity index (χ0n) is 13.6. The maximum absolute atomic E-state index is 11.8. The summed E-state index contributed by atoms with van der Waals surface area (Å²) >= 11 is 3.38. The highest BCUT2D eigenvalue weighted by Gasteiger charge is 2.30. The third kappa shape index (κ3) is 5.46. The number of nitrogens with zero attached hydrogens (tertiary/aromatic N) is 1. The molecule has 0 aliphatic heterocycles. The molecule has 0 bridgehead atoms. The molecule has 0 spiro atoms. The molecule has 124 valence electrons. The predicted molar refractivity (Wildman–Crippen MR) is 92.6 cm³/mol. The number of aryl methyl sites for hydroxylation is 1. The van der Waals surface area contributed by atoms with Gasteiger partial charge in [-0.2, -0.15) is 5.10 Å². The maximum atomic E-state index is 11.8. The van der Waals surface area contributed by atoms with Crippen molar-refractivity contribution in [2.45, 2.75) is 40.0 Å². The maximum Gasteiger partial charge on any atom is 0.277 e. The molecule has 1 amide bonds. The Bertz CT molecular complexity index is 653. The van der Waals surface area contributed by atoms with Crippen LogP contribution in [-0.2, 0) is 9.59 Å². The smallest absolute Gasteiger partial charge is 0.277 e. The van der Waals surface area contributed by atoms with Crippen molar-refractivity contribution < 1.29 is 14.3 Å². The SMILES string of the molecule is Cc1cc(Br)ccc1OCC(=O)N/N=C1\CC(=O)CC(C)(C)C1. The number of ketones is 1. The lowest BCUT2D eigenvalue weighted by molar-refractivity contribution is -0.123. The van der Waals surface area contributed by atoms with Gasteiger partial charge in [-0.15, -0.1) is 0 Å². The van der Waals surface area contributed by atoms with Gasteiger partial charge < -0.3 is 4.74 Å². The van der Waals surface area contributed by atoms with Crippen molar-refractivity contribution in [2.75, 3.05) is 6.61 Å². The van der Waals surface area contributed by atoms with Crippen molar-refractivity contribution in [1.82, 2.24) is 5.43 Å². The van der Waals surface area contributed by atoms with E-state index in [1.165, 1.54) is 0 Å². The summed E-state index contributed by atoms with van der Waals surface area (Å²) in [4.78, 5) is 23.5. The summed E-state index contributed by atoms with van der Waals surface area (Å²) in [7, 11) is 0. The fourth-order valence-electron chi connectivity index (χ4n) is 2.67. The van der Waals surface area contributed by atoms with Gasteiger partial charge in [0.25, 0.3) is 5.91 Å². The molecular formula is C17H21BrN2O3. The number of hydrazone groups is 1. The third-order valence-corrected chi connectivity index (χ3v) is 4.09. The molecule has 0 heterocycles. The van der Waals surface area contributed by atoms with E-state index in [1.54, 1.807) is 6.07 Å². The van der Waals surface area contributed by atoms with Crippen LogP contribution in [0.2, 0.25) is 0 Å². The summed E-state index contributed by atoms with van der Waals surface area (Å²) < 4.78 is 6.45. The Morgan fingerprint density at radius 3 is 2.78 bits per heavy atom. The average Bonchev–Trinajstić information content (AvgIpc) is 2.42. The molecule has 1 aliphatic rings. The van der Waals surface area contributed by atoms with Gasteiger partial charge in [0.15, 0.2) is 6.61 Å². The van der Waals surface area contributed by atoms with E-state index >= 15 is 0 Å². The second kappa shape index (κ2) is 7.25. The number of rotatable bonds is 4. The molecule has 1 saturated carbocycles. The van der Waals surface area contributed by atoms with Gasteiger partial charge in [-0.3, -0.25) is 9.59 Å². The molecule has 1 fully saturated rings. The normalized spacial score (nSPS) is 18.8. The summed E-state index contributed by atoms with van der Waals surface area (Å²) in [6.07, 6.45) is 1.59. The van der Waals surface area contributed by atoms with E-state index in [0.717, 1.165) is 15.7 Å². The Morgan fingerprint density at radius 2 is 2.13 bits per heavy atom. The fraction of sp³-hybridized carbons (Fsp3) is 0.471. The first-order valence-electron chi connectivity index (χ1n) is 7.50. The zero-order chi connectivity index (χ0) is 17.0. The Kier molecular flexibility index (Phi) is 5.57. The van der Waals surface area contributed by atoms with Crippen molar-refractivity contribution in [3.05, 3.63) is 28.2 Å². The summed E-state index contributed by atoms with van der Waals surface area (Å²) in [5.74, 6) is 0.483. The minimum absolute atomic E-state index is 0.0933. The van der Waals surface area contributed by atoms with Gasteiger partial charge in [0.05, 0.1) is 0 Å². The molecule has 1 aliphatic carbocycles. The monoisotopic (exact) mass is 380 g/mol. The number of benzene rings is 1. The van der Waals surface area contributed by atoms with E-state index in [4.69, 9.17) is 4.74 Å². The first-order chi connectivity index (χ1) is 10.7. The quantitative estimate of drug-likeness (QED) is 0.813. The molecule has 0 radical (unpaired) electrons. The lowest BCUT2D eigenvalue weighted by Gasteiger charge is -2.28. The molecule has 1 aromatic carbocycles. The number of ether oxygens (including phenoxy) is 1. The lowest BCUT2D eigenvalue weighted by atomic mass is 9.76. The molecule has 0 aromatic heterocycles. The Hall–Kier alpha value is -1.69. The Labute approximate surface area is 144 Å². The standard InChI is InChI=1S/C17H21BrN2O3/c1-11-6-12(18)4-5-15(11)23-10-16(22)20-19-13-7-14(21)9-17(2,3)8-13/h4-6H,7-10H2,1-3H3,(H,20,22)/b19-13+. The second-order valence-corrected chi connectivity index (χ2v) is 7.56. The number of hydrogen-bond acceptors (Lipinski definition) is 4. The number of amides is 1. The van der Waals surface area contributed by atoms with Crippen LogP contribution >= 0.6 is 15.9 Å². The fourth-order valence-corrected chi connectivity index (χ4v) is 3.15. The lowest BCUT2D eigenvalue weighted by Crippen LogP contribution is -2.32. The number of hydrogen-bond donors (Lipinski definition) is 1. The number of carbonyl (C=O) groups is 2. The molecule has 2 rings (SSSR count). The summed E-state index contributed by atoms with van der Waals surface area (Å²) in [6, 6.07) is 5.58. The van der Waals surface area contributed by atoms with Crippen LogP contribution in [0.25, 0.3) is 0 Å². The summed E-state index contributed by atoms with van der Waals surface area (Å²) in [5.41, 5.74) is 4.05. The Morgan fingerprint density at radius 1 is 1.39 bits per heavy atom. The molecule has 0 atom stereocenters. The molecule has 23 heavy (non-hydrogen) atoms. The molecule has 5 nitrogen and oxygen atoms in total. The van der Waals surface area contributed by atoms with E-state index in [-0.39, 0.29) is 23.7 Å². The van der Waals surface area contributed by atoms with Gasteiger partial charge in [0, 0.05) is 23.0 Å². The van der Waals surface area contributed by atoms with Crippen LogP contribution in [0.4, 0.5) is 0 Å². The first kappa shape index (κ1) is 17.7. The summed E-state index contributed by atoms with van der Waals surface area (Å²) in [6.45, 7) is 5.85. The van der Waals surface area contributed by atoms with E-state index in [9.17, 15) is 9.59 Å². The van der Waals surface area contributed by atoms with Crippen molar-refractivity contribution >= 4 is 33.3 Å². The minimum atomic E-state index is -0.337. The minimum Gasteiger partial charge on any atom is -0.483 e. The molecule has 1 aromatic rings. The van der Waals surface area contributed by atoms with Crippen LogP contribution < -0.4 is 10.2 Å². The van der Waals surface area contributed by atoms with Gasteiger partial charge in [0.1, 0.15) is 11.5 Å². The van der Waals surface area contributed by atoms with Crippen LogP contribution in [0.5, 0.6) is 5.75 Å². The van der Waals surface area contributed by atoms with Gasteiger partial charge >= 0.3 is 0 Å². The number of carbonyl (C=O) groups excluding carboxylic acids is 2. The van der Waals surface area contributed by atoms with Gasteiger partial charge in [-0.25, -0.2) is 5.43 Å². The molecule has 1 N–H and O–H groups in total. The third-order valence-electron chi connectivity index (χ3n) is 3.59. The van der Waals surface area contributed by atoms with Crippen LogP contribution in [0.1, 0.15) is 38.7 Å². The van der Waals surface area contributed by atoms with E-state index < -0.39 is 0 Å². The van der Waals surface area contributed by atoms with Gasteiger partial charge in [0.2, 0.25) is 0 Å². The molecule has 0 saturated heterocycles. The van der Waals surface area contributed by atoms with Crippen molar-refractivity contribution in [1.29, 1.82) is 0 Å². The average molecular weight is 381 g/mol. The van der Waals surface area contributed by atoms with Crippen molar-refractivity contribution in [2.24, 2.45) is 10.5 Å². The van der Waals surface area contributed by atoms with Crippen LogP contribution in [-0.4, -0.2) is 24.0 Å². The van der Waals surface area contributed by atoms with Gasteiger partial charge in [-0.1, -0.05) is 29.8 Å². The van der Waals surface area contributed by atoms with E-state index in [1.807, 2.05) is 32.9 Å². The highest BCUT2D eigenvalue weighted by Crippen LogP contribution is 2.31. The highest BCUT2D eigenvalue weighted by atomic mass is 79.9. The van der Waals surface area contributed by atoms with E-state index in [0.29, 0.717) is 25.0 Å². The Balaban J connectivity index is 1.87. The van der Waals surface area contributed by atoms with Crippen molar-refractivity contribution in [3.8, 4) is 5.75 Å².